The number of hydrogen-bond acceptors (Lipinski definition) is 3. The Labute approximate surface area is 98.0 Å². The van der Waals surface area contributed by atoms with Crippen LogP contribution < -0.4 is 0 Å². The number of aromatic nitrogens is 1. The first kappa shape index (κ1) is 11.1. The van der Waals surface area contributed by atoms with E-state index in [0.29, 0.717) is 0 Å². The minimum Gasteiger partial charge on any atom is -0.360 e. The molecule has 0 saturated carbocycles. The van der Waals surface area contributed by atoms with E-state index < -0.39 is 4.92 Å². The minimum atomic E-state index is -0.411. The standard InChI is InChI=1S/C12H11N3O2/c1-9-7-11(15(16)17)4-5-12(9)14-8-10-3-2-6-13-10/h2-8,13H,1H3/b14-8+. The van der Waals surface area contributed by atoms with Crippen LogP contribution in [0.25, 0.3) is 0 Å². The predicted octanol–water partition coefficient (Wildman–Crippen LogP) is 2.98. The van der Waals surface area contributed by atoms with Crippen molar-refractivity contribution in [3.63, 3.8) is 0 Å². The molecule has 0 aliphatic rings. The van der Waals surface area contributed by atoms with E-state index in [9.17, 15) is 10.1 Å². The van der Waals surface area contributed by atoms with Crippen LogP contribution in [0.5, 0.6) is 0 Å². The molecular formula is C12H11N3O2. The highest BCUT2D eigenvalue weighted by molar-refractivity contribution is 5.80. The molecule has 86 valence electrons. The number of rotatable bonds is 3. The second-order valence-corrected chi connectivity index (χ2v) is 3.61. The number of nitro groups is 1. The van der Waals surface area contributed by atoms with Crippen LogP contribution in [0.1, 0.15) is 11.3 Å². The first-order chi connectivity index (χ1) is 8.16. The molecule has 5 nitrogen and oxygen atoms in total. The van der Waals surface area contributed by atoms with Gasteiger partial charge in [0.2, 0.25) is 0 Å². The van der Waals surface area contributed by atoms with Crippen LogP contribution >= 0.6 is 0 Å². The molecule has 17 heavy (non-hydrogen) atoms. The second kappa shape index (κ2) is 4.61. The van der Waals surface area contributed by atoms with E-state index in [-0.39, 0.29) is 5.69 Å². The SMILES string of the molecule is Cc1cc([N+](=O)[O-])ccc1/N=C/c1ccc[nH]1. The van der Waals surface area contributed by atoms with Crippen LogP contribution in [-0.2, 0) is 0 Å². The minimum absolute atomic E-state index is 0.0846. The third kappa shape index (κ3) is 2.57. The maximum absolute atomic E-state index is 10.6. The number of aromatic amines is 1. The molecule has 1 heterocycles. The van der Waals surface area contributed by atoms with Gasteiger partial charge >= 0.3 is 0 Å². The summed E-state index contributed by atoms with van der Waals surface area (Å²) in [7, 11) is 0. The molecule has 1 aromatic carbocycles. The van der Waals surface area contributed by atoms with Gasteiger partial charge in [-0.3, -0.25) is 15.1 Å². The number of aryl methyl sites for hydroxylation is 1. The monoisotopic (exact) mass is 229 g/mol. The van der Waals surface area contributed by atoms with Crippen molar-refractivity contribution in [2.24, 2.45) is 4.99 Å². The van der Waals surface area contributed by atoms with Crippen molar-refractivity contribution in [3.8, 4) is 0 Å². The van der Waals surface area contributed by atoms with Crippen molar-refractivity contribution in [2.45, 2.75) is 6.92 Å². The van der Waals surface area contributed by atoms with Gasteiger partial charge in [0.15, 0.2) is 0 Å². The topological polar surface area (TPSA) is 71.3 Å². The first-order valence-electron chi connectivity index (χ1n) is 5.09. The Kier molecular flexibility index (Phi) is 3.00. The molecule has 0 spiro atoms. The Hall–Kier alpha value is -2.43. The lowest BCUT2D eigenvalue weighted by Crippen LogP contribution is -1.88. The van der Waals surface area contributed by atoms with Gasteiger partial charge < -0.3 is 4.98 Å². The number of nitrogens with one attached hydrogen (secondary N) is 1. The number of nitro benzene ring substituents is 1. The Morgan fingerprint density at radius 1 is 1.41 bits per heavy atom. The van der Waals surface area contributed by atoms with Gasteiger partial charge in [-0.2, -0.15) is 0 Å². The highest BCUT2D eigenvalue weighted by atomic mass is 16.6. The van der Waals surface area contributed by atoms with Crippen LogP contribution in [-0.4, -0.2) is 16.1 Å². The number of benzene rings is 1. The summed E-state index contributed by atoms with van der Waals surface area (Å²) in [6.07, 6.45) is 3.50. The summed E-state index contributed by atoms with van der Waals surface area (Å²) in [5.41, 5.74) is 2.48. The van der Waals surface area contributed by atoms with Gasteiger partial charge in [-0.1, -0.05) is 0 Å². The lowest BCUT2D eigenvalue weighted by Gasteiger charge is -1.99. The van der Waals surface area contributed by atoms with Gasteiger partial charge in [0.05, 0.1) is 22.5 Å². The molecule has 0 saturated heterocycles. The summed E-state index contributed by atoms with van der Waals surface area (Å²) >= 11 is 0. The molecule has 0 radical (unpaired) electrons. The molecule has 5 heteroatoms. The molecule has 0 fully saturated rings. The van der Waals surface area contributed by atoms with E-state index in [1.165, 1.54) is 12.1 Å². The average molecular weight is 229 g/mol. The zero-order valence-corrected chi connectivity index (χ0v) is 9.25. The largest absolute Gasteiger partial charge is 0.360 e. The van der Waals surface area contributed by atoms with Crippen molar-refractivity contribution >= 4 is 17.6 Å². The summed E-state index contributed by atoms with van der Waals surface area (Å²) in [6, 6.07) is 8.39. The van der Waals surface area contributed by atoms with Crippen LogP contribution in [0.3, 0.4) is 0 Å². The van der Waals surface area contributed by atoms with Crippen LogP contribution in [0.4, 0.5) is 11.4 Å². The fraction of sp³-hybridized carbons (Fsp3) is 0.0833. The van der Waals surface area contributed by atoms with Gasteiger partial charge in [-0.25, -0.2) is 0 Å². The molecule has 0 aliphatic heterocycles. The van der Waals surface area contributed by atoms with Gasteiger partial charge in [0.1, 0.15) is 0 Å². The van der Waals surface area contributed by atoms with E-state index in [0.717, 1.165) is 16.9 Å². The van der Waals surface area contributed by atoms with Crippen LogP contribution in [0.15, 0.2) is 41.5 Å². The molecule has 0 bridgehead atoms. The van der Waals surface area contributed by atoms with Crippen molar-refractivity contribution in [3.05, 3.63) is 57.9 Å². The van der Waals surface area contributed by atoms with E-state index in [1.54, 1.807) is 19.2 Å². The molecule has 0 amide bonds. The van der Waals surface area contributed by atoms with Crippen molar-refractivity contribution in [2.75, 3.05) is 0 Å². The lowest BCUT2D eigenvalue weighted by molar-refractivity contribution is -0.384. The van der Waals surface area contributed by atoms with E-state index in [2.05, 4.69) is 9.98 Å². The second-order valence-electron chi connectivity index (χ2n) is 3.61. The predicted molar refractivity (Wildman–Crippen MR) is 65.9 cm³/mol. The number of H-pyrrole nitrogens is 1. The molecule has 0 aliphatic carbocycles. The van der Waals surface area contributed by atoms with E-state index in [1.807, 2.05) is 18.3 Å². The zero-order chi connectivity index (χ0) is 12.3. The number of nitrogens with zero attached hydrogens (tertiary/aromatic N) is 2. The van der Waals surface area contributed by atoms with E-state index >= 15 is 0 Å². The summed E-state index contributed by atoms with van der Waals surface area (Å²) in [6.45, 7) is 1.80. The molecule has 0 unspecified atom stereocenters. The Morgan fingerprint density at radius 3 is 2.82 bits per heavy atom. The fourth-order valence-corrected chi connectivity index (χ4v) is 1.46. The summed E-state index contributed by atoms with van der Waals surface area (Å²) in [5.74, 6) is 0. The molecule has 0 atom stereocenters. The summed E-state index contributed by atoms with van der Waals surface area (Å²) in [5, 5.41) is 10.6. The quantitative estimate of drug-likeness (QED) is 0.499. The van der Waals surface area contributed by atoms with Crippen LogP contribution in [0, 0.1) is 17.0 Å². The maximum atomic E-state index is 10.6. The van der Waals surface area contributed by atoms with Gasteiger partial charge in [0.25, 0.3) is 5.69 Å². The smallest absolute Gasteiger partial charge is 0.269 e. The highest BCUT2D eigenvalue weighted by Gasteiger charge is 2.06. The van der Waals surface area contributed by atoms with Crippen molar-refractivity contribution in [1.82, 2.24) is 4.98 Å². The number of non-ortho nitro benzene ring substituents is 1. The Bertz CT molecular complexity index is 559. The van der Waals surface area contributed by atoms with E-state index in [4.69, 9.17) is 0 Å². The Balaban J connectivity index is 2.25. The normalized spacial score (nSPS) is 10.9. The highest BCUT2D eigenvalue weighted by Crippen LogP contribution is 2.23. The van der Waals surface area contributed by atoms with Gasteiger partial charge in [0, 0.05) is 18.3 Å². The number of hydrogen-bond donors (Lipinski definition) is 1. The van der Waals surface area contributed by atoms with Gasteiger partial charge in [-0.05, 0) is 30.7 Å². The zero-order valence-electron chi connectivity index (χ0n) is 9.25. The molecule has 2 aromatic rings. The third-order valence-corrected chi connectivity index (χ3v) is 2.36. The maximum Gasteiger partial charge on any atom is 0.269 e. The molecule has 1 aromatic heterocycles. The molecule has 2 rings (SSSR count). The van der Waals surface area contributed by atoms with Crippen molar-refractivity contribution in [1.29, 1.82) is 0 Å². The number of aliphatic imine (C=N–C) groups is 1. The lowest BCUT2D eigenvalue weighted by atomic mass is 10.2. The average Bonchev–Trinajstić information content (AvgIpc) is 2.80. The Morgan fingerprint density at radius 2 is 2.24 bits per heavy atom. The summed E-state index contributed by atoms with van der Waals surface area (Å²) < 4.78 is 0. The fourth-order valence-electron chi connectivity index (χ4n) is 1.46. The molecular weight excluding hydrogens is 218 g/mol. The third-order valence-electron chi connectivity index (χ3n) is 2.36. The summed E-state index contributed by atoms with van der Waals surface area (Å²) in [4.78, 5) is 17.4. The van der Waals surface area contributed by atoms with Crippen molar-refractivity contribution < 1.29 is 4.92 Å². The van der Waals surface area contributed by atoms with Gasteiger partial charge in [-0.15, -0.1) is 0 Å². The first-order valence-corrected chi connectivity index (χ1v) is 5.09. The van der Waals surface area contributed by atoms with Crippen LogP contribution in [0.2, 0.25) is 0 Å². The molecule has 1 N–H and O–H groups in total.